The molecule has 3 N–H and O–H groups in total. The van der Waals surface area contributed by atoms with Gasteiger partial charge in [0, 0.05) is 11.9 Å². The molecule has 0 bridgehead atoms. The number of hydrogen-bond donors (Lipinski definition) is 2. The Hall–Kier alpha value is -2.11. The third kappa shape index (κ3) is 1.39. The second-order valence-corrected chi connectivity index (χ2v) is 3.32. The number of aromatic nitrogens is 3. The zero-order chi connectivity index (χ0) is 11.0. The van der Waals surface area contributed by atoms with Gasteiger partial charge in [-0.15, -0.1) is 0 Å². The molecule has 0 aliphatic heterocycles. The fraction of sp³-hybridized carbons (Fsp3) is 0.222. The van der Waals surface area contributed by atoms with Gasteiger partial charge in [0.15, 0.2) is 11.5 Å². The van der Waals surface area contributed by atoms with Crippen molar-refractivity contribution in [2.45, 2.75) is 13.8 Å². The number of aryl methyl sites for hydroxylation is 2. The molecule has 0 aliphatic rings. The van der Waals surface area contributed by atoms with Crippen molar-refractivity contribution in [3.63, 3.8) is 0 Å². The Bertz CT molecular complexity index is 543. The van der Waals surface area contributed by atoms with Crippen LogP contribution in [-0.2, 0) is 0 Å². The van der Waals surface area contributed by atoms with E-state index in [1.54, 1.807) is 4.52 Å². The van der Waals surface area contributed by atoms with Crippen molar-refractivity contribution in [1.29, 1.82) is 0 Å². The lowest BCUT2D eigenvalue weighted by molar-refractivity contribution is 0.318. The molecule has 6 heteroatoms. The Balaban J connectivity index is 2.75. The Morgan fingerprint density at radius 1 is 1.53 bits per heavy atom. The molecule has 0 radical (unpaired) electrons. The molecule has 2 heterocycles. The van der Waals surface area contributed by atoms with E-state index < -0.39 is 0 Å². The van der Waals surface area contributed by atoms with Crippen LogP contribution < -0.4 is 5.73 Å². The molecule has 0 amide bonds. The van der Waals surface area contributed by atoms with Crippen LogP contribution in [0.2, 0.25) is 0 Å². The largest absolute Gasteiger partial charge is 0.409 e. The average Bonchev–Trinajstić information content (AvgIpc) is 2.61. The van der Waals surface area contributed by atoms with Crippen LogP contribution in [0.15, 0.2) is 17.5 Å². The minimum absolute atomic E-state index is 0.0146. The van der Waals surface area contributed by atoms with Gasteiger partial charge in [0.2, 0.25) is 0 Å². The highest BCUT2D eigenvalue weighted by molar-refractivity contribution is 6.02. The summed E-state index contributed by atoms with van der Waals surface area (Å²) in [6, 6.07) is 0. The lowest BCUT2D eigenvalue weighted by atomic mass is 10.2. The molecule has 0 atom stereocenters. The minimum atomic E-state index is 0.0146. The third-order valence-corrected chi connectivity index (χ3v) is 2.31. The molecule has 2 aromatic heterocycles. The number of hydrogen-bond acceptors (Lipinski definition) is 4. The molecular formula is C9H11N5O. The van der Waals surface area contributed by atoms with E-state index >= 15 is 0 Å². The van der Waals surface area contributed by atoms with Crippen molar-refractivity contribution in [3.8, 4) is 0 Å². The summed E-state index contributed by atoms with van der Waals surface area (Å²) in [5, 5.41) is 15.6. The van der Waals surface area contributed by atoms with Gasteiger partial charge in [-0.05, 0) is 19.4 Å². The molecule has 6 nitrogen and oxygen atoms in total. The van der Waals surface area contributed by atoms with Crippen LogP contribution in [-0.4, -0.2) is 25.6 Å². The molecule has 0 unspecified atom stereocenters. The van der Waals surface area contributed by atoms with Gasteiger partial charge in [0.1, 0.15) is 0 Å². The predicted molar refractivity (Wildman–Crippen MR) is 55.0 cm³/mol. The maximum absolute atomic E-state index is 8.59. The summed E-state index contributed by atoms with van der Waals surface area (Å²) >= 11 is 0. The van der Waals surface area contributed by atoms with Crippen molar-refractivity contribution in [2.75, 3.05) is 0 Å². The predicted octanol–water partition coefficient (Wildman–Crippen LogP) is 0.441. The quantitative estimate of drug-likeness (QED) is 0.306. The van der Waals surface area contributed by atoms with Crippen LogP contribution in [0.1, 0.15) is 16.8 Å². The first kappa shape index (κ1) is 9.45. The van der Waals surface area contributed by atoms with E-state index in [9.17, 15) is 0 Å². The highest BCUT2D eigenvalue weighted by Gasteiger charge is 2.10. The number of nitrogens with two attached hydrogens (primary N) is 1. The van der Waals surface area contributed by atoms with Gasteiger partial charge in [0.05, 0.1) is 11.8 Å². The summed E-state index contributed by atoms with van der Waals surface area (Å²) in [6.07, 6.45) is 3.38. The number of fused-ring (bicyclic) bond motifs is 1. The molecule has 78 valence electrons. The highest BCUT2D eigenvalue weighted by atomic mass is 16.4. The van der Waals surface area contributed by atoms with Crippen LogP contribution in [0.3, 0.4) is 0 Å². The monoisotopic (exact) mass is 205 g/mol. The van der Waals surface area contributed by atoms with Gasteiger partial charge in [-0.3, -0.25) is 0 Å². The van der Waals surface area contributed by atoms with E-state index in [1.165, 1.54) is 6.20 Å². The van der Waals surface area contributed by atoms with E-state index in [4.69, 9.17) is 10.9 Å². The van der Waals surface area contributed by atoms with Gasteiger partial charge in [-0.1, -0.05) is 5.16 Å². The van der Waals surface area contributed by atoms with E-state index in [1.807, 2.05) is 20.0 Å². The lowest BCUT2D eigenvalue weighted by Gasteiger charge is -2.01. The Labute approximate surface area is 86.0 Å². The van der Waals surface area contributed by atoms with Crippen molar-refractivity contribution >= 4 is 11.5 Å². The summed E-state index contributed by atoms with van der Waals surface area (Å²) in [5.41, 5.74) is 8.56. The van der Waals surface area contributed by atoms with Crippen molar-refractivity contribution in [3.05, 3.63) is 29.2 Å². The first-order valence-electron chi connectivity index (χ1n) is 4.43. The normalized spacial score (nSPS) is 12.3. The Kier molecular flexibility index (Phi) is 2.03. The minimum Gasteiger partial charge on any atom is -0.409 e. The maximum atomic E-state index is 8.59. The Morgan fingerprint density at radius 3 is 2.93 bits per heavy atom. The van der Waals surface area contributed by atoms with Gasteiger partial charge in [0.25, 0.3) is 0 Å². The van der Waals surface area contributed by atoms with Gasteiger partial charge in [-0.2, -0.15) is 5.10 Å². The summed E-state index contributed by atoms with van der Waals surface area (Å²) in [5.74, 6) is 0.0146. The SMILES string of the molecule is Cc1cn2ncc(/C(N)=N\O)c2nc1C. The summed E-state index contributed by atoms with van der Waals surface area (Å²) in [6.45, 7) is 3.85. The van der Waals surface area contributed by atoms with Crippen LogP contribution >= 0.6 is 0 Å². The van der Waals surface area contributed by atoms with Gasteiger partial charge >= 0.3 is 0 Å². The number of nitrogens with zero attached hydrogens (tertiary/aromatic N) is 4. The van der Waals surface area contributed by atoms with E-state index in [0.29, 0.717) is 11.2 Å². The van der Waals surface area contributed by atoms with Crippen LogP contribution in [0.4, 0.5) is 0 Å². The molecule has 2 aromatic rings. The zero-order valence-corrected chi connectivity index (χ0v) is 8.47. The fourth-order valence-corrected chi connectivity index (χ4v) is 1.32. The number of amidine groups is 1. The van der Waals surface area contributed by atoms with Crippen LogP contribution in [0.25, 0.3) is 5.65 Å². The zero-order valence-electron chi connectivity index (χ0n) is 8.47. The Morgan fingerprint density at radius 2 is 2.27 bits per heavy atom. The standard InChI is InChI=1S/C9H11N5O/c1-5-4-14-9(12-6(5)2)7(3-11-14)8(10)13-15/h3-4,15H,1-2H3,(H2,10,13). The van der Waals surface area contributed by atoms with Gasteiger partial charge in [-0.25, -0.2) is 9.50 Å². The lowest BCUT2D eigenvalue weighted by Crippen LogP contribution is -2.13. The maximum Gasteiger partial charge on any atom is 0.175 e. The smallest absolute Gasteiger partial charge is 0.175 e. The van der Waals surface area contributed by atoms with Gasteiger partial charge < -0.3 is 10.9 Å². The first-order valence-corrected chi connectivity index (χ1v) is 4.43. The molecule has 0 fully saturated rings. The third-order valence-electron chi connectivity index (χ3n) is 2.31. The molecule has 0 saturated heterocycles. The average molecular weight is 205 g/mol. The number of oxime groups is 1. The fourth-order valence-electron chi connectivity index (χ4n) is 1.32. The second kappa shape index (κ2) is 3.23. The van der Waals surface area contributed by atoms with E-state index in [2.05, 4.69) is 15.2 Å². The molecular weight excluding hydrogens is 194 g/mol. The van der Waals surface area contributed by atoms with Crippen LogP contribution in [0.5, 0.6) is 0 Å². The summed E-state index contributed by atoms with van der Waals surface area (Å²) < 4.78 is 1.61. The number of rotatable bonds is 1. The van der Waals surface area contributed by atoms with Crippen molar-refractivity contribution in [1.82, 2.24) is 14.6 Å². The first-order chi connectivity index (χ1) is 7.13. The topological polar surface area (TPSA) is 88.8 Å². The molecule has 0 spiro atoms. The summed E-state index contributed by atoms with van der Waals surface area (Å²) in [7, 11) is 0. The molecule has 0 aliphatic carbocycles. The molecule has 0 aromatic carbocycles. The highest BCUT2D eigenvalue weighted by Crippen LogP contribution is 2.11. The molecule has 2 rings (SSSR count). The van der Waals surface area contributed by atoms with Crippen molar-refractivity contribution < 1.29 is 5.21 Å². The summed E-state index contributed by atoms with van der Waals surface area (Å²) in [4.78, 5) is 4.33. The van der Waals surface area contributed by atoms with E-state index in [-0.39, 0.29) is 5.84 Å². The van der Waals surface area contributed by atoms with Crippen LogP contribution in [0, 0.1) is 13.8 Å². The van der Waals surface area contributed by atoms with Crippen molar-refractivity contribution in [2.24, 2.45) is 10.9 Å². The molecule has 15 heavy (non-hydrogen) atoms. The second-order valence-electron chi connectivity index (χ2n) is 3.32. The molecule has 0 saturated carbocycles. The van der Waals surface area contributed by atoms with E-state index in [0.717, 1.165) is 11.3 Å².